The smallest absolute Gasteiger partial charge is 0.163 e. The average molecular weight is 320 g/mol. The van der Waals surface area contributed by atoms with Gasteiger partial charge >= 0.3 is 0 Å². The zero-order valence-corrected chi connectivity index (χ0v) is 13.2. The van der Waals surface area contributed by atoms with E-state index in [4.69, 9.17) is 11.6 Å². The first-order valence-electron chi connectivity index (χ1n) is 6.83. The third-order valence-electron chi connectivity index (χ3n) is 3.49. The Labute approximate surface area is 132 Å². The Hall–Kier alpha value is -2.21. The van der Waals surface area contributed by atoms with Crippen molar-refractivity contribution in [1.82, 2.24) is 19.7 Å². The van der Waals surface area contributed by atoms with Crippen LogP contribution in [0.3, 0.4) is 0 Å². The second kappa shape index (κ2) is 5.53. The molecule has 22 heavy (non-hydrogen) atoms. The summed E-state index contributed by atoms with van der Waals surface area (Å²) in [5, 5.41) is 8.72. The minimum absolute atomic E-state index is 0.134. The van der Waals surface area contributed by atoms with E-state index >= 15 is 0 Å². The molecule has 0 aliphatic rings. The fraction of sp³-hybridized carbons (Fsp3) is 0.267. The monoisotopic (exact) mass is 319 g/mol. The Morgan fingerprint density at radius 1 is 1.32 bits per heavy atom. The molecule has 0 radical (unpaired) electrons. The molecule has 0 aliphatic carbocycles. The van der Waals surface area contributed by atoms with Crippen molar-refractivity contribution >= 4 is 28.5 Å². The van der Waals surface area contributed by atoms with Crippen LogP contribution in [0.4, 0.5) is 10.2 Å². The molecule has 5 nitrogen and oxygen atoms in total. The van der Waals surface area contributed by atoms with Gasteiger partial charge in [-0.2, -0.15) is 5.10 Å². The first-order valence-corrected chi connectivity index (χ1v) is 7.21. The van der Waals surface area contributed by atoms with E-state index in [0.29, 0.717) is 16.7 Å². The predicted octanol–water partition coefficient (Wildman–Crippen LogP) is 3.64. The summed E-state index contributed by atoms with van der Waals surface area (Å²) < 4.78 is 14.9. The van der Waals surface area contributed by atoms with Crippen LogP contribution in [0.15, 0.2) is 24.4 Å². The summed E-state index contributed by atoms with van der Waals surface area (Å²) in [4.78, 5) is 8.81. The molecule has 0 unspecified atom stereocenters. The first kappa shape index (κ1) is 14.7. The Kier molecular flexibility index (Phi) is 3.70. The average Bonchev–Trinajstić information content (AvgIpc) is 2.80. The fourth-order valence-electron chi connectivity index (χ4n) is 2.38. The van der Waals surface area contributed by atoms with Gasteiger partial charge in [0, 0.05) is 12.1 Å². The summed E-state index contributed by atoms with van der Waals surface area (Å²) in [5.74, 6) is 0.980. The number of rotatable bonds is 3. The number of fused-ring (bicyclic) bond motifs is 1. The summed E-state index contributed by atoms with van der Waals surface area (Å²) >= 11 is 6.12. The number of hydrogen-bond donors (Lipinski definition) is 1. The van der Waals surface area contributed by atoms with Crippen LogP contribution in [-0.2, 0) is 7.05 Å². The lowest BCUT2D eigenvalue weighted by atomic mass is 10.1. The number of aromatic nitrogens is 4. The van der Waals surface area contributed by atoms with Gasteiger partial charge in [-0.3, -0.25) is 4.68 Å². The van der Waals surface area contributed by atoms with E-state index < -0.39 is 0 Å². The molecule has 0 bridgehead atoms. The highest BCUT2D eigenvalue weighted by molar-refractivity contribution is 6.31. The Bertz CT molecular complexity index is 845. The largest absolute Gasteiger partial charge is 0.363 e. The number of aryl methyl sites for hydroxylation is 2. The van der Waals surface area contributed by atoms with Crippen LogP contribution in [0.1, 0.15) is 24.4 Å². The van der Waals surface area contributed by atoms with E-state index in [1.807, 2.05) is 20.9 Å². The molecule has 0 spiro atoms. The highest BCUT2D eigenvalue weighted by Gasteiger charge is 2.15. The van der Waals surface area contributed by atoms with Gasteiger partial charge in [-0.05, 0) is 31.5 Å². The van der Waals surface area contributed by atoms with Gasteiger partial charge in [-0.25, -0.2) is 14.4 Å². The SMILES string of the molecule is Cc1nc(N[C@H](C)c2ccc(F)cc2Cl)c2cnn(C)c2n1. The van der Waals surface area contributed by atoms with Crippen molar-refractivity contribution in [1.29, 1.82) is 0 Å². The lowest BCUT2D eigenvalue weighted by Crippen LogP contribution is -2.10. The maximum absolute atomic E-state index is 13.2. The van der Waals surface area contributed by atoms with Crippen LogP contribution in [-0.4, -0.2) is 19.7 Å². The normalized spacial score (nSPS) is 12.6. The van der Waals surface area contributed by atoms with Gasteiger partial charge in [0.05, 0.1) is 17.6 Å². The maximum atomic E-state index is 13.2. The molecule has 1 N–H and O–H groups in total. The predicted molar refractivity (Wildman–Crippen MR) is 84.5 cm³/mol. The Morgan fingerprint density at radius 3 is 2.82 bits per heavy atom. The third kappa shape index (κ3) is 2.62. The van der Waals surface area contributed by atoms with Crippen molar-refractivity contribution in [3.05, 3.63) is 46.6 Å². The second-order valence-corrected chi connectivity index (χ2v) is 5.56. The minimum atomic E-state index is -0.353. The van der Waals surface area contributed by atoms with Gasteiger partial charge < -0.3 is 5.32 Å². The van der Waals surface area contributed by atoms with Crippen molar-refractivity contribution in [3.8, 4) is 0 Å². The van der Waals surface area contributed by atoms with Gasteiger partial charge in [0.2, 0.25) is 0 Å². The van der Waals surface area contributed by atoms with E-state index in [9.17, 15) is 4.39 Å². The van der Waals surface area contributed by atoms with Gasteiger partial charge in [0.15, 0.2) is 5.65 Å². The van der Waals surface area contributed by atoms with E-state index in [1.165, 1.54) is 12.1 Å². The molecule has 2 heterocycles. The third-order valence-corrected chi connectivity index (χ3v) is 3.81. The van der Waals surface area contributed by atoms with E-state index in [-0.39, 0.29) is 11.9 Å². The molecule has 3 aromatic rings. The molecule has 0 aliphatic heterocycles. The second-order valence-electron chi connectivity index (χ2n) is 5.16. The minimum Gasteiger partial charge on any atom is -0.363 e. The summed E-state index contributed by atoms with van der Waals surface area (Å²) in [6.45, 7) is 3.77. The first-order chi connectivity index (χ1) is 10.5. The fourth-order valence-corrected chi connectivity index (χ4v) is 2.71. The molecule has 0 amide bonds. The highest BCUT2D eigenvalue weighted by atomic mass is 35.5. The summed E-state index contributed by atoms with van der Waals surface area (Å²) in [6, 6.07) is 4.24. The van der Waals surface area contributed by atoms with Crippen LogP contribution < -0.4 is 5.32 Å². The zero-order valence-electron chi connectivity index (χ0n) is 12.4. The van der Waals surface area contributed by atoms with Crippen molar-refractivity contribution in [2.75, 3.05) is 5.32 Å². The van der Waals surface area contributed by atoms with Crippen LogP contribution in [0.2, 0.25) is 5.02 Å². The van der Waals surface area contributed by atoms with Crippen LogP contribution in [0.5, 0.6) is 0 Å². The maximum Gasteiger partial charge on any atom is 0.163 e. The standard InChI is InChI=1S/C15H15ClFN5/c1-8(11-5-4-10(17)6-13(11)16)19-14-12-7-18-22(3)15(12)21-9(2)20-14/h4-8H,1-3H3,(H,19,20,21)/t8-/m1/s1. The Balaban J connectivity index is 1.99. The molecule has 1 aromatic carbocycles. The highest BCUT2D eigenvalue weighted by Crippen LogP contribution is 2.28. The molecule has 1 atom stereocenters. The molecule has 0 fully saturated rings. The number of halogens is 2. The molecule has 7 heteroatoms. The number of nitrogens with one attached hydrogen (secondary N) is 1. The van der Waals surface area contributed by atoms with Crippen molar-refractivity contribution in [2.45, 2.75) is 19.9 Å². The van der Waals surface area contributed by atoms with Crippen LogP contribution >= 0.6 is 11.6 Å². The van der Waals surface area contributed by atoms with Crippen LogP contribution in [0.25, 0.3) is 11.0 Å². The van der Waals surface area contributed by atoms with Crippen molar-refractivity contribution in [2.24, 2.45) is 7.05 Å². The molecule has 114 valence electrons. The topological polar surface area (TPSA) is 55.6 Å². The zero-order chi connectivity index (χ0) is 15.9. The lowest BCUT2D eigenvalue weighted by Gasteiger charge is -2.17. The molecule has 0 saturated carbocycles. The number of nitrogens with zero attached hydrogens (tertiary/aromatic N) is 4. The molecular weight excluding hydrogens is 305 g/mol. The number of benzene rings is 1. The van der Waals surface area contributed by atoms with Gasteiger partial charge in [-0.1, -0.05) is 17.7 Å². The number of hydrogen-bond acceptors (Lipinski definition) is 4. The molecule has 2 aromatic heterocycles. The number of anilines is 1. The quantitative estimate of drug-likeness (QED) is 0.801. The molecule has 0 saturated heterocycles. The lowest BCUT2D eigenvalue weighted by molar-refractivity contribution is 0.626. The summed E-state index contributed by atoms with van der Waals surface area (Å²) in [5.41, 5.74) is 1.56. The van der Waals surface area contributed by atoms with Crippen molar-refractivity contribution in [3.63, 3.8) is 0 Å². The van der Waals surface area contributed by atoms with E-state index in [2.05, 4.69) is 20.4 Å². The van der Waals surface area contributed by atoms with Gasteiger partial charge in [0.1, 0.15) is 17.5 Å². The summed E-state index contributed by atoms with van der Waals surface area (Å²) in [6.07, 6.45) is 1.72. The van der Waals surface area contributed by atoms with Crippen LogP contribution in [0, 0.1) is 12.7 Å². The Morgan fingerprint density at radius 2 is 2.09 bits per heavy atom. The van der Waals surface area contributed by atoms with E-state index in [1.54, 1.807) is 16.9 Å². The molecular formula is C15H15ClFN5. The van der Waals surface area contributed by atoms with Crippen molar-refractivity contribution < 1.29 is 4.39 Å². The van der Waals surface area contributed by atoms with Gasteiger partial charge in [-0.15, -0.1) is 0 Å². The summed E-state index contributed by atoms with van der Waals surface area (Å²) in [7, 11) is 1.83. The van der Waals surface area contributed by atoms with E-state index in [0.717, 1.165) is 16.6 Å². The molecule has 3 rings (SSSR count). The van der Waals surface area contributed by atoms with Gasteiger partial charge in [0.25, 0.3) is 0 Å².